The van der Waals surface area contributed by atoms with E-state index in [2.05, 4.69) is 18.8 Å². The van der Waals surface area contributed by atoms with Crippen molar-refractivity contribution in [1.82, 2.24) is 4.98 Å². The lowest BCUT2D eigenvalue weighted by Gasteiger charge is -2.05. The lowest BCUT2D eigenvalue weighted by Crippen LogP contribution is -1.97. The molecule has 1 aromatic carbocycles. The third kappa shape index (κ3) is 2.32. The zero-order valence-corrected chi connectivity index (χ0v) is 9.00. The van der Waals surface area contributed by atoms with Crippen LogP contribution in [0.3, 0.4) is 0 Å². The highest BCUT2D eigenvalue weighted by molar-refractivity contribution is 5.78. The summed E-state index contributed by atoms with van der Waals surface area (Å²) in [6, 6.07) is 8.72. The lowest BCUT2D eigenvalue weighted by atomic mass is 10.1. The van der Waals surface area contributed by atoms with Crippen molar-refractivity contribution in [3.05, 3.63) is 41.8 Å². The Bertz CT molecular complexity index is 477. The number of hydrogen-bond acceptors (Lipinski definition) is 1. The van der Waals surface area contributed by atoms with Crippen LogP contribution in [0.4, 0.5) is 4.39 Å². The molecule has 0 fully saturated rings. The molecule has 0 N–H and O–H groups in total. The minimum atomic E-state index is -0.225. The fraction of sp³-hybridized carbons (Fsp3) is 0.308. The van der Waals surface area contributed by atoms with Crippen molar-refractivity contribution in [1.29, 1.82) is 0 Å². The van der Waals surface area contributed by atoms with Crippen LogP contribution in [-0.4, -0.2) is 4.98 Å². The van der Waals surface area contributed by atoms with Gasteiger partial charge in [-0.25, -0.2) is 4.39 Å². The van der Waals surface area contributed by atoms with Crippen LogP contribution >= 0.6 is 0 Å². The summed E-state index contributed by atoms with van der Waals surface area (Å²) in [4.78, 5) is 4.44. The van der Waals surface area contributed by atoms with Crippen LogP contribution in [0.15, 0.2) is 30.3 Å². The smallest absolute Gasteiger partial charge is 0.125 e. The van der Waals surface area contributed by atoms with Gasteiger partial charge in [-0.05, 0) is 30.5 Å². The SMILES string of the molecule is CC(C)Cc1ccc2ccc(F)cc2n1. The molecule has 0 atom stereocenters. The van der Waals surface area contributed by atoms with Gasteiger partial charge in [0.1, 0.15) is 5.82 Å². The largest absolute Gasteiger partial charge is 0.253 e. The molecule has 2 heteroatoms. The van der Waals surface area contributed by atoms with Gasteiger partial charge >= 0.3 is 0 Å². The average molecular weight is 203 g/mol. The third-order valence-electron chi connectivity index (χ3n) is 2.33. The number of rotatable bonds is 2. The minimum absolute atomic E-state index is 0.225. The first kappa shape index (κ1) is 10.1. The predicted molar refractivity (Wildman–Crippen MR) is 60.2 cm³/mol. The number of nitrogens with zero attached hydrogens (tertiary/aromatic N) is 1. The first-order valence-electron chi connectivity index (χ1n) is 5.20. The molecule has 0 radical (unpaired) electrons. The van der Waals surface area contributed by atoms with E-state index < -0.39 is 0 Å². The van der Waals surface area contributed by atoms with E-state index in [0.29, 0.717) is 5.92 Å². The molecule has 0 bridgehead atoms. The fourth-order valence-corrected chi connectivity index (χ4v) is 1.66. The second-order valence-electron chi connectivity index (χ2n) is 4.24. The molecule has 0 unspecified atom stereocenters. The average Bonchev–Trinajstić information content (AvgIpc) is 2.16. The first-order chi connectivity index (χ1) is 7.15. The molecular formula is C13H14FN. The Labute approximate surface area is 89.0 Å². The van der Waals surface area contributed by atoms with E-state index in [1.165, 1.54) is 12.1 Å². The van der Waals surface area contributed by atoms with E-state index >= 15 is 0 Å². The number of aromatic nitrogens is 1. The van der Waals surface area contributed by atoms with Crippen molar-refractivity contribution in [2.24, 2.45) is 5.92 Å². The molecule has 0 aliphatic heterocycles. The lowest BCUT2D eigenvalue weighted by molar-refractivity contribution is 0.628. The van der Waals surface area contributed by atoms with Gasteiger partial charge in [-0.2, -0.15) is 0 Å². The molecule has 2 aromatic rings. The Morgan fingerprint density at radius 2 is 1.93 bits per heavy atom. The third-order valence-corrected chi connectivity index (χ3v) is 2.33. The van der Waals surface area contributed by atoms with E-state index in [4.69, 9.17) is 0 Å². The predicted octanol–water partition coefficient (Wildman–Crippen LogP) is 3.57. The van der Waals surface area contributed by atoms with Crippen molar-refractivity contribution in [2.75, 3.05) is 0 Å². The topological polar surface area (TPSA) is 12.9 Å². The number of pyridine rings is 1. The molecule has 1 aromatic heterocycles. The van der Waals surface area contributed by atoms with Crippen LogP contribution in [0.25, 0.3) is 10.9 Å². The molecule has 0 aliphatic carbocycles. The minimum Gasteiger partial charge on any atom is -0.253 e. The van der Waals surface area contributed by atoms with Crippen molar-refractivity contribution in [2.45, 2.75) is 20.3 Å². The summed E-state index contributed by atoms with van der Waals surface area (Å²) >= 11 is 0. The van der Waals surface area contributed by atoms with E-state index in [1.54, 1.807) is 6.07 Å². The van der Waals surface area contributed by atoms with Crippen LogP contribution in [0, 0.1) is 11.7 Å². The summed E-state index contributed by atoms with van der Waals surface area (Å²) in [5.74, 6) is 0.347. The summed E-state index contributed by atoms with van der Waals surface area (Å²) < 4.78 is 13.0. The van der Waals surface area contributed by atoms with Gasteiger partial charge in [-0.3, -0.25) is 4.98 Å². The van der Waals surface area contributed by atoms with Crippen LogP contribution in [-0.2, 0) is 6.42 Å². The maximum absolute atomic E-state index is 13.0. The van der Waals surface area contributed by atoms with Crippen molar-refractivity contribution in [3.63, 3.8) is 0 Å². The molecular weight excluding hydrogens is 189 g/mol. The Kier molecular flexibility index (Phi) is 2.67. The summed E-state index contributed by atoms with van der Waals surface area (Å²) in [6.45, 7) is 4.30. The number of benzene rings is 1. The molecule has 2 rings (SSSR count). The zero-order chi connectivity index (χ0) is 10.8. The summed E-state index contributed by atoms with van der Waals surface area (Å²) in [6.07, 6.45) is 0.937. The number of fused-ring (bicyclic) bond motifs is 1. The molecule has 1 nitrogen and oxygen atoms in total. The van der Waals surface area contributed by atoms with Gasteiger partial charge < -0.3 is 0 Å². The number of halogens is 1. The maximum atomic E-state index is 13.0. The van der Waals surface area contributed by atoms with Gasteiger partial charge in [0.15, 0.2) is 0 Å². The maximum Gasteiger partial charge on any atom is 0.125 e. The molecule has 78 valence electrons. The zero-order valence-electron chi connectivity index (χ0n) is 9.00. The fourth-order valence-electron chi connectivity index (χ4n) is 1.66. The van der Waals surface area contributed by atoms with Gasteiger partial charge in [0.2, 0.25) is 0 Å². The van der Waals surface area contributed by atoms with E-state index in [-0.39, 0.29) is 5.82 Å². The van der Waals surface area contributed by atoms with Gasteiger partial charge in [-0.15, -0.1) is 0 Å². The van der Waals surface area contributed by atoms with E-state index in [0.717, 1.165) is 23.0 Å². The second-order valence-corrected chi connectivity index (χ2v) is 4.24. The van der Waals surface area contributed by atoms with E-state index in [9.17, 15) is 4.39 Å². The van der Waals surface area contributed by atoms with Gasteiger partial charge in [0.25, 0.3) is 0 Å². The Balaban J connectivity index is 2.45. The normalized spacial score (nSPS) is 11.2. The van der Waals surface area contributed by atoms with Crippen molar-refractivity contribution in [3.8, 4) is 0 Å². The molecule has 0 amide bonds. The summed E-state index contributed by atoms with van der Waals surface area (Å²) in [5, 5.41) is 0.990. The number of hydrogen-bond donors (Lipinski definition) is 0. The van der Waals surface area contributed by atoms with Crippen molar-refractivity contribution >= 4 is 10.9 Å². The highest BCUT2D eigenvalue weighted by Gasteiger charge is 2.02. The molecule has 0 saturated carbocycles. The molecule has 15 heavy (non-hydrogen) atoms. The Morgan fingerprint density at radius 1 is 1.20 bits per heavy atom. The quantitative estimate of drug-likeness (QED) is 0.727. The van der Waals surface area contributed by atoms with Gasteiger partial charge in [0, 0.05) is 17.1 Å². The van der Waals surface area contributed by atoms with Crippen LogP contribution in [0.5, 0.6) is 0 Å². The summed E-state index contributed by atoms with van der Waals surface area (Å²) in [7, 11) is 0. The standard InChI is InChI=1S/C13H14FN/c1-9(2)7-12-6-4-10-3-5-11(14)8-13(10)15-12/h3-6,8-9H,7H2,1-2H3. The summed E-state index contributed by atoms with van der Waals surface area (Å²) in [5.41, 5.74) is 1.77. The monoisotopic (exact) mass is 203 g/mol. The highest BCUT2D eigenvalue weighted by atomic mass is 19.1. The van der Waals surface area contributed by atoms with Crippen LogP contribution in [0.2, 0.25) is 0 Å². The van der Waals surface area contributed by atoms with Crippen LogP contribution < -0.4 is 0 Å². The highest BCUT2D eigenvalue weighted by Crippen LogP contribution is 2.15. The molecule has 0 spiro atoms. The Hall–Kier alpha value is -1.44. The molecule has 0 aliphatic rings. The van der Waals surface area contributed by atoms with Crippen LogP contribution in [0.1, 0.15) is 19.5 Å². The molecule has 1 heterocycles. The van der Waals surface area contributed by atoms with E-state index in [1.807, 2.05) is 12.1 Å². The molecule has 0 saturated heterocycles. The van der Waals surface area contributed by atoms with Gasteiger partial charge in [-0.1, -0.05) is 19.9 Å². The Morgan fingerprint density at radius 3 is 2.67 bits per heavy atom. The van der Waals surface area contributed by atoms with Crippen molar-refractivity contribution < 1.29 is 4.39 Å². The van der Waals surface area contributed by atoms with Gasteiger partial charge in [0.05, 0.1) is 5.52 Å². The second kappa shape index (κ2) is 3.97. The first-order valence-corrected chi connectivity index (χ1v) is 5.20.